The molecule has 0 saturated heterocycles. The fourth-order valence-corrected chi connectivity index (χ4v) is 7.85. The van der Waals surface area contributed by atoms with Gasteiger partial charge in [0.25, 0.3) is 0 Å². The third-order valence-electron chi connectivity index (χ3n) is 10.2. The van der Waals surface area contributed by atoms with Gasteiger partial charge in [-0.2, -0.15) is 0 Å². The summed E-state index contributed by atoms with van der Waals surface area (Å²) in [6, 6.07) is 60.0. The van der Waals surface area contributed by atoms with Crippen molar-refractivity contribution in [2.75, 3.05) is 4.90 Å². The number of anilines is 3. The van der Waals surface area contributed by atoms with Crippen LogP contribution < -0.4 is 4.90 Å². The van der Waals surface area contributed by atoms with Crippen LogP contribution in [0.5, 0.6) is 0 Å². The van der Waals surface area contributed by atoms with Gasteiger partial charge < -0.3 is 9.47 Å². The lowest BCUT2D eigenvalue weighted by molar-refractivity contribution is 0.660. The molecule has 0 atom stereocenters. The minimum Gasteiger partial charge on any atom is -0.310 e. The van der Waals surface area contributed by atoms with E-state index in [1.165, 1.54) is 66.4 Å². The van der Waals surface area contributed by atoms with Gasteiger partial charge in [0.15, 0.2) is 0 Å². The minimum atomic E-state index is -0.0394. The second kappa shape index (κ2) is 10.9. The molecular weight excluding hydrogens is 581 g/mol. The first kappa shape index (κ1) is 28.4. The number of fused-ring (bicyclic) bond motifs is 6. The van der Waals surface area contributed by atoms with Crippen molar-refractivity contribution < 1.29 is 0 Å². The Morgan fingerprint density at radius 2 is 1.08 bits per heavy atom. The lowest BCUT2D eigenvalue weighted by Crippen LogP contribution is -2.14. The highest BCUT2D eigenvalue weighted by atomic mass is 15.1. The molecule has 0 bridgehead atoms. The minimum absolute atomic E-state index is 0.0394. The molecule has 1 aromatic heterocycles. The Bertz CT molecular complexity index is 2480. The molecule has 2 nitrogen and oxygen atoms in total. The van der Waals surface area contributed by atoms with E-state index in [0.717, 1.165) is 17.1 Å². The number of nitrogens with zero attached hydrogens (tertiary/aromatic N) is 2. The van der Waals surface area contributed by atoms with Gasteiger partial charge >= 0.3 is 0 Å². The Morgan fingerprint density at radius 3 is 1.90 bits per heavy atom. The maximum absolute atomic E-state index is 2.41. The molecule has 230 valence electrons. The standard InChI is InChI=1S/C46H36N2/c1-31-21-25-44-40(27-31)41-30-37(23-26-45(41)48(44)35-16-8-5-9-17-35)47(34-14-6-4-7-15-34)36-18-12-13-32(28-36)33-22-24-39-38-19-10-11-20-42(38)46(2,3)43(39)29-33/h4-30H,1-3H3. The molecule has 8 aromatic rings. The molecule has 0 amide bonds. The molecule has 0 unspecified atom stereocenters. The van der Waals surface area contributed by atoms with Gasteiger partial charge in [-0.25, -0.2) is 0 Å². The highest BCUT2D eigenvalue weighted by Crippen LogP contribution is 2.50. The Labute approximate surface area is 282 Å². The lowest BCUT2D eigenvalue weighted by Gasteiger charge is -2.26. The molecule has 0 saturated carbocycles. The van der Waals surface area contributed by atoms with E-state index in [2.05, 4.69) is 194 Å². The first-order valence-electron chi connectivity index (χ1n) is 16.8. The van der Waals surface area contributed by atoms with Crippen molar-refractivity contribution in [2.45, 2.75) is 26.2 Å². The number of hydrogen-bond acceptors (Lipinski definition) is 1. The van der Waals surface area contributed by atoms with Crippen LogP contribution in [-0.4, -0.2) is 4.57 Å². The smallest absolute Gasteiger partial charge is 0.0542 e. The van der Waals surface area contributed by atoms with Crippen molar-refractivity contribution in [3.63, 3.8) is 0 Å². The summed E-state index contributed by atoms with van der Waals surface area (Å²) in [6.07, 6.45) is 0. The van der Waals surface area contributed by atoms with Gasteiger partial charge in [0, 0.05) is 38.9 Å². The monoisotopic (exact) mass is 616 g/mol. The van der Waals surface area contributed by atoms with Crippen molar-refractivity contribution in [1.82, 2.24) is 4.57 Å². The zero-order chi connectivity index (χ0) is 32.4. The number of para-hydroxylation sites is 2. The Kier molecular flexibility index (Phi) is 6.42. The van der Waals surface area contributed by atoms with Gasteiger partial charge in [0.2, 0.25) is 0 Å². The molecule has 1 aliphatic rings. The first-order valence-corrected chi connectivity index (χ1v) is 16.8. The van der Waals surface area contributed by atoms with Crippen molar-refractivity contribution in [3.8, 4) is 27.9 Å². The SMILES string of the molecule is Cc1ccc2c(c1)c1cc(N(c3ccccc3)c3cccc(-c4ccc5c(c4)C(C)(C)c4ccccc4-5)c3)ccc1n2-c1ccccc1. The first-order chi connectivity index (χ1) is 23.5. The molecule has 0 aliphatic heterocycles. The van der Waals surface area contributed by atoms with Gasteiger partial charge in [-0.1, -0.05) is 110 Å². The maximum Gasteiger partial charge on any atom is 0.0542 e. The quantitative estimate of drug-likeness (QED) is 0.187. The number of aromatic nitrogens is 1. The van der Waals surface area contributed by atoms with Gasteiger partial charge in [-0.3, -0.25) is 0 Å². The zero-order valence-corrected chi connectivity index (χ0v) is 27.5. The van der Waals surface area contributed by atoms with Crippen LogP contribution in [-0.2, 0) is 5.41 Å². The molecule has 0 fully saturated rings. The van der Waals surface area contributed by atoms with Crippen LogP contribution in [0.25, 0.3) is 49.7 Å². The van der Waals surface area contributed by atoms with E-state index in [1.807, 2.05) is 0 Å². The number of rotatable bonds is 5. The van der Waals surface area contributed by atoms with Crippen LogP contribution in [0, 0.1) is 6.92 Å². The van der Waals surface area contributed by atoms with Gasteiger partial charge in [0.05, 0.1) is 11.0 Å². The van der Waals surface area contributed by atoms with E-state index in [0.29, 0.717) is 0 Å². The molecule has 0 radical (unpaired) electrons. The normalized spacial score (nSPS) is 13.1. The van der Waals surface area contributed by atoms with Gasteiger partial charge in [-0.05, 0) is 113 Å². The van der Waals surface area contributed by atoms with E-state index in [1.54, 1.807) is 0 Å². The number of hydrogen-bond donors (Lipinski definition) is 0. The van der Waals surface area contributed by atoms with Crippen molar-refractivity contribution >= 4 is 38.9 Å². The lowest BCUT2D eigenvalue weighted by atomic mass is 9.81. The summed E-state index contributed by atoms with van der Waals surface area (Å²) in [5.74, 6) is 0. The summed E-state index contributed by atoms with van der Waals surface area (Å²) in [5, 5.41) is 2.51. The van der Waals surface area contributed by atoms with Crippen molar-refractivity contribution in [2.24, 2.45) is 0 Å². The van der Waals surface area contributed by atoms with Gasteiger partial charge in [-0.15, -0.1) is 0 Å². The number of aryl methyl sites for hydroxylation is 1. The Hall–Kier alpha value is -5.86. The fourth-order valence-electron chi connectivity index (χ4n) is 7.85. The average Bonchev–Trinajstić information content (AvgIpc) is 3.57. The molecule has 7 aromatic carbocycles. The molecule has 1 heterocycles. The molecule has 0 spiro atoms. The second-order valence-electron chi connectivity index (χ2n) is 13.5. The predicted molar refractivity (Wildman–Crippen MR) is 203 cm³/mol. The summed E-state index contributed by atoms with van der Waals surface area (Å²) in [6.45, 7) is 6.87. The van der Waals surface area contributed by atoms with E-state index in [-0.39, 0.29) is 5.41 Å². The van der Waals surface area contributed by atoms with Crippen LogP contribution in [0.1, 0.15) is 30.5 Å². The largest absolute Gasteiger partial charge is 0.310 e. The van der Waals surface area contributed by atoms with E-state index < -0.39 is 0 Å². The van der Waals surface area contributed by atoms with Crippen molar-refractivity contribution in [1.29, 1.82) is 0 Å². The van der Waals surface area contributed by atoms with Crippen LogP contribution in [0.15, 0.2) is 164 Å². The second-order valence-corrected chi connectivity index (χ2v) is 13.5. The topological polar surface area (TPSA) is 8.17 Å². The maximum atomic E-state index is 2.41. The summed E-state index contributed by atoms with van der Waals surface area (Å²) in [5.41, 5.74) is 16.1. The average molecular weight is 617 g/mol. The van der Waals surface area contributed by atoms with Crippen LogP contribution in [0.4, 0.5) is 17.1 Å². The summed E-state index contributed by atoms with van der Waals surface area (Å²) in [4.78, 5) is 2.39. The van der Waals surface area contributed by atoms with E-state index in [9.17, 15) is 0 Å². The highest BCUT2D eigenvalue weighted by molar-refractivity contribution is 6.11. The third kappa shape index (κ3) is 4.41. The number of benzene rings is 7. The summed E-state index contributed by atoms with van der Waals surface area (Å²) in [7, 11) is 0. The molecule has 48 heavy (non-hydrogen) atoms. The Balaban J connectivity index is 1.20. The Morgan fingerprint density at radius 1 is 0.458 bits per heavy atom. The predicted octanol–water partition coefficient (Wildman–Crippen LogP) is 12.5. The third-order valence-corrected chi connectivity index (χ3v) is 10.2. The highest BCUT2D eigenvalue weighted by Gasteiger charge is 2.35. The summed E-state index contributed by atoms with van der Waals surface area (Å²) < 4.78 is 2.38. The van der Waals surface area contributed by atoms with E-state index >= 15 is 0 Å². The van der Waals surface area contributed by atoms with E-state index in [4.69, 9.17) is 0 Å². The molecular formula is C46H36N2. The van der Waals surface area contributed by atoms with Crippen molar-refractivity contribution in [3.05, 3.63) is 180 Å². The molecule has 1 aliphatic carbocycles. The van der Waals surface area contributed by atoms with Gasteiger partial charge in [0.1, 0.15) is 0 Å². The van der Waals surface area contributed by atoms with Crippen LogP contribution in [0.2, 0.25) is 0 Å². The molecule has 2 heteroatoms. The molecule has 9 rings (SSSR count). The molecule has 0 N–H and O–H groups in total. The van der Waals surface area contributed by atoms with Crippen LogP contribution in [0.3, 0.4) is 0 Å². The summed E-state index contributed by atoms with van der Waals surface area (Å²) >= 11 is 0. The fraction of sp³-hybridized carbons (Fsp3) is 0.0870. The zero-order valence-electron chi connectivity index (χ0n) is 27.5. The van der Waals surface area contributed by atoms with Crippen LogP contribution >= 0.6 is 0 Å².